The molecule has 1 saturated heterocycles. The van der Waals surface area contributed by atoms with Gasteiger partial charge in [0.2, 0.25) is 0 Å². The summed E-state index contributed by atoms with van der Waals surface area (Å²) in [7, 11) is 3.18. The third-order valence-corrected chi connectivity index (χ3v) is 3.75. The Morgan fingerprint density at radius 2 is 2.00 bits per heavy atom. The van der Waals surface area contributed by atoms with Crippen LogP contribution < -0.4 is 10.1 Å². The molecule has 0 atom stereocenters. The van der Waals surface area contributed by atoms with Crippen LogP contribution in [0.4, 0.5) is 4.39 Å². The Balaban J connectivity index is 2.33. The summed E-state index contributed by atoms with van der Waals surface area (Å²) in [5.74, 6) is -0.00994. The molecule has 1 aliphatic heterocycles. The summed E-state index contributed by atoms with van der Waals surface area (Å²) in [6.45, 7) is 2.51. The van der Waals surface area contributed by atoms with E-state index in [0.29, 0.717) is 12.4 Å². The van der Waals surface area contributed by atoms with Crippen LogP contribution >= 0.6 is 0 Å². The zero-order valence-corrected chi connectivity index (χ0v) is 11.0. The van der Waals surface area contributed by atoms with Gasteiger partial charge in [-0.25, -0.2) is 4.39 Å². The highest BCUT2D eigenvalue weighted by Crippen LogP contribution is 2.35. The topological polar surface area (TPSA) is 30.5 Å². The van der Waals surface area contributed by atoms with Crippen molar-refractivity contribution in [1.29, 1.82) is 0 Å². The van der Waals surface area contributed by atoms with Crippen molar-refractivity contribution >= 4 is 0 Å². The number of halogens is 1. The molecule has 1 fully saturated rings. The zero-order chi connectivity index (χ0) is 13.0. The molecule has 100 valence electrons. The standard InChI is InChI=1S/C14H20FNO2/c1-17-10-14(5-7-16-8-6-14)11-3-4-13(18-2)12(15)9-11/h3-4,9,16H,5-8,10H2,1-2H3. The van der Waals surface area contributed by atoms with E-state index in [2.05, 4.69) is 5.32 Å². The monoisotopic (exact) mass is 253 g/mol. The van der Waals surface area contributed by atoms with Crippen molar-refractivity contribution in [2.45, 2.75) is 18.3 Å². The van der Waals surface area contributed by atoms with E-state index in [1.54, 1.807) is 19.2 Å². The molecule has 0 spiro atoms. The molecule has 0 aliphatic carbocycles. The zero-order valence-electron chi connectivity index (χ0n) is 11.0. The fraction of sp³-hybridized carbons (Fsp3) is 0.571. The summed E-state index contributed by atoms with van der Waals surface area (Å²) in [4.78, 5) is 0. The smallest absolute Gasteiger partial charge is 0.165 e. The van der Waals surface area contributed by atoms with Crippen LogP contribution in [-0.4, -0.2) is 33.9 Å². The van der Waals surface area contributed by atoms with Gasteiger partial charge in [-0.1, -0.05) is 6.07 Å². The molecule has 0 bridgehead atoms. The van der Waals surface area contributed by atoms with E-state index in [1.807, 2.05) is 6.07 Å². The Hall–Kier alpha value is -1.13. The van der Waals surface area contributed by atoms with Gasteiger partial charge >= 0.3 is 0 Å². The van der Waals surface area contributed by atoms with E-state index in [0.717, 1.165) is 31.5 Å². The fourth-order valence-corrected chi connectivity index (χ4v) is 2.69. The van der Waals surface area contributed by atoms with Crippen LogP contribution in [0.2, 0.25) is 0 Å². The van der Waals surface area contributed by atoms with Crippen molar-refractivity contribution in [2.24, 2.45) is 0 Å². The molecule has 1 aromatic carbocycles. The van der Waals surface area contributed by atoms with E-state index in [-0.39, 0.29) is 11.2 Å². The van der Waals surface area contributed by atoms with Crippen LogP contribution in [0.1, 0.15) is 18.4 Å². The second-order valence-corrected chi connectivity index (χ2v) is 4.81. The van der Waals surface area contributed by atoms with E-state index in [4.69, 9.17) is 9.47 Å². The summed E-state index contributed by atoms with van der Waals surface area (Å²) in [6.07, 6.45) is 1.93. The summed E-state index contributed by atoms with van der Waals surface area (Å²) in [5, 5.41) is 3.33. The predicted octanol–water partition coefficient (Wildman–Crippen LogP) is 2.10. The number of methoxy groups -OCH3 is 2. The molecule has 0 aromatic heterocycles. The van der Waals surface area contributed by atoms with Gasteiger partial charge in [-0.3, -0.25) is 0 Å². The van der Waals surface area contributed by atoms with Crippen LogP contribution in [-0.2, 0) is 10.2 Å². The average molecular weight is 253 g/mol. The van der Waals surface area contributed by atoms with Gasteiger partial charge in [-0.2, -0.15) is 0 Å². The normalized spacial score (nSPS) is 18.6. The van der Waals surface area contributed by atoms with Gasteiger partial charge in [-0.15, -0.1) is 0 Å². The van der Waals surface area contributed by atoms with Crippen molar-refractivity contribution < 1.29 is 13.9 Å². The number of hydrogen-bond acceptors (Lipinski definition) is 3. The highest BCUT2D eigenvalue weighted by Gasteiger charge is 2.34. The second kappa shape index (κ2) is 5.67. The number of nitrogens with one attached hydrogen (secondary N) is 1. The lowest BCUT2D eigenvalue weighted by Crippen LogP contribution is -2.43. The fourth-order valence-electron chi connectivity index (χ4n) is 2.69. The minimum atomic E-state index is -0.302. The number of rotatable bonds is 4. The van der Waals surface area contributed by atoms with Crippen LogP contribution in [0.15, 0.2) is 18.2 Å². The maximum atomic E-state index is 13.8. The first-order chi connectivity index (χ1) is 8.72. The van der Waals surface area contributed by atoms with Gasteiger partial charge in [0, 0.05) is 12.5 Å². The molecule has 1 aromatic rings. The maximum Gasteiger partial charge on any atom is 0.165 e. The van der Waals surface area contributed by atoms with Gasteiger partial charge in [0.05, 0.1) is 13.7 Å². The van der Waals surface area contributed by atoms with Gasteiger partial charge in [0.15, 0.2) is 11.6 Å². The molecular formula is C14H20FNO2. The molecule has 0 unspecified atom stereocenters. The minimum absolute atomic E-state index is 0.0763. The third kappa shape index (κ3) is 2.49. The Kier molecular flexibility index (Phi) is 4.19. The van der Waals surface area contributed by atoms with Crippen molar-refractivity contribution in [2.75, 3.05) is 33.9 Å². The van der Waals surface area contributed by atoms with E-state index >= 15 is 0 Å². The molecule has 0 amide bonds. The lowest BCUT2D eigenvalue weighted by molar-refractivity contribution is 0.107. The molecule has 18 heavy (non-hydrogen) atoms. The highest BCUT2D eigenvalue weighted by molar-refractivity contribution is 5.34. The lowest BCUT2D eigenvalue weighted by atomic mass is 9.74. The highest BCUT2D eigenvalue weighted by atomic mass is 19.1. The van der Waals surface area contributed by atoms with Crippen molar-refractivity contribution in [3.8, 4) is 5.75 Å². The molecule has 1 N–H and O–H groups in total. The number of ether oxygens (including phenoxy) is 2. The van der Waals surface area contributed by atoms with Gasteiger partial charge < -0.3 is 14.8 Å². The Labute approximate surface area is 107 Å². The van der Waals surface area contributed by atoms with E-state index < -0.39 is 0 Å². The van der Waals surface area contributed by atoms with E-state index in [9.17, 15) is 4.39 Å². The first-order valence-electron chi connectivity index (χ1n) is 6.25. The van der Waals surface area contributed by atoms with Gasteiger partial charge in [0.1, 0.15) is 0 Å². The Morgan fingerprint density at radius 3 is 2.56 bits per heavy atom. The second-order valence-electron chi connectivity index (χ2n) is 4.81. The van der Waals surface area contributed by atoms with Crippen LogP contribution in [0.3, 0.4) is 0 Å². The molecular weight excluding hydrogens is 233 g/mol. The first kappa shape index (κ1) is 13.3. The Morgan fingerprint density at radius 1 is 1.28 bits per heavy atom. The molecule has 0 radical (unpaired) electrons. The molecule has 0 saturated carbocycles. The van der Waals surface area contributed by atoms with Crippen LogP contribution in [0.5, 0.6) is 5.75 Å². The van der Waals surface area contributed by atoms with Crippen LogP contribution in [0, 0.1) is 5.82 Å². The summed E-state index contributed by atoms with van der Waals surface area (Å²) in [6, 6.07) is 5.24. The molecule has 3 nitrogen and oxygen atoms in total. The average Bonchev–Trinajstić information content (AvgIpc) is 2.40. The number of piperidine rings is 1. The molecule has 2 rings (SSSR count). The first-order valence-corrected chi connectivity index (χ1v) is 6.25. The quantitative estimate of drug-likeness (QED) is 0.891. The summed E-state index contributed by atoms with van der Waals surface area (Å²) < 4.78 is 24.1. The largest absolute Gasteiger partial charge is 0.494 e. The third-order valence-electron chi connectivity index (χ3n) is 3.75. The molecule has 1 aliphatic rings. The predicted molar refractivity (Wildman–Crippen MR) is 68.6 cm³/mol. The number of benzene rings is 1. The minimum Gasteiger partial charge on any atom is -0.494 e. The summed E-state index contributed by atoms with van der Waals surface area (Å²) in [5.41, 5.74) is 0.928. The van der Waals surface area contributed by atoms with Crippen molar-refractivity contribution in [3.63, 3.8) is 0 Å². The van der Waals surface area contributed by atoms with E-state index in [1.165, 1.54) is 7.11 Å². The SMILES string of the molecule is COCC1(c2ccc(OC)c(F)c2)CCNCC1. The van der Waals surface area contributed by atoms with Crippen LogP contribution in [0.25, 0.3) is 0 Å². The molecule has 4 heteroatoms. The Bertz CT molecular complexity index is 397. The summed E-state index contributed by atoms with van der Waals surface area (Å²) >= 11 is 0. The lowest BCUT2D eigenvalue weighted by Gasteiger charge is -2.37. The maximum absolute atomic E-state index is 13.8. The van der Waals surface area contributed by atoms with Crippen molar-refractivity contribution in [1.82, 2.24) is 5.32 Å². The number of hydrogen-bond donors (Lipinski definition) is 1. The van der Waals surface area contributed by atoms with Gasteiger partial charge in [-0.05, 0) is 43.6 Å². The molecule has 1 heterocycles. The van der Waals surface area contributed by atoms with Crippen molar-refractivity contribution in [3.05, 3.63) is 29.6 Å². The van der Waals surface area contributed by atoms with Gasteiger partial charge in [0.25, 0.3) is 0 Å².